The van der Waals surface area contributed by atoms with E-state index in [0.29, 0.717) is 0 Å². The van der Waals surface area contributed by atoms with E-state index in [1.165, 1.54) is 11.1 Å². The van der Waals surface area contributed by atoms with Gasteiger partial charge < -0.3 is 14.8 Å². The Labute approximate surface area is 139 Å². The van der Waals surface area contributed by atoms with Crippen LogP contribution >= 0.6 is 12.4 Å². The standard InChI is InChI=1S/C18H23NO2.ClH/c1-13-7-5-6-8-15(13)12-19-14(2)17-11-16(20-3)9-10-18(17)21-4;/h5-11,14,19H,12H2,1-4H3;1H. The number of halogens is 1. The summed E-state index contributed by atoms with van der Waals surface area (Å²) in [5, 5.41) is 3.55. The molecule has 1 atom stereocenters. The number of aryl methyl sites for hydroxylation is 1. The average Bonchev–Trinajstić information content (AvgIpc) is 2.53. The molecule has 2 aromatic rings. The van der Waals surface area contributed by atoms with E-state index in [4.69, 9.17) is 9.47 Å². The smallest absolute Gasteiger partial charge is 0.123 e. The molecule has 0 aliphatic rings. The first-order chi connectivity index (χ1) is 10.2. The van der Waals surface area contributed by atoms with Gasteiger partial charge in [-0.2, -0.15) is 0 Å². The predicted octanol–water partition coefficient (Wildman–Crippen LogP) is 4.28. The van der Waals surface area contributed by atoms with Crippen LogP contribution in [0.2, 0.25) is 0 Å². The highest BCUT2D eigenvalue weighted by atomic mass is 35.5. The first-order valence-corrected chi connectivity index (χ1v) is 7.15. The summed E-state index contributed by atoms with van der Waals surface area (Å²) in [7, 11) is 3.37. The number of rotatable bonds is 6. The number of benzene rings is 2. The molecule has 2 aromatic carbocycles. The molecule has 1 N–H and O–H groups in total. The highest BCUT2D eigenvalue weighted by Gasteiger charge is 2.12. The third-order valence-corrected chi connectivity index (χ3v) is 3.76. The van der Waals surface area contributed by atoms with Crippen molar-refractivity contribution in [3.05, 3.63) is 59.2 Å². The molecule has 2 rings (SSSR count). The molecule has 22 heavy (non-hydrogen) atoms. The van der Waals surface area contributed by atoms with Gasteiger partial charge in [-0.1, -0.05) is 24.3 Å². The largest absolute Gasteiger partial charge is 0.497 e. The Kier molecular flexibility index (Phi) is 7.22. The highest BCUT2D eigenvalue weighted by molar-refractivity contribution is 5.85. The summed E-state index contributed by atoms with van der Waals surface area (Å²) in [5.74, 6) is 1.72. The van der Waals surface area contributed by atoms with Crippen molar-refractivity contribution in [2.75, 3.05) is 14.2 Å². The van der Waals surface area contributed by atoms with Gasteiger partial charge in [0.05, 0.1) is 14.2 Å². The van der Waals surface area contributed by atoms with Gasteiger partial charge in [0.25, 0.3) is 0 Å². The summed E-state index contributed by atoms with van der Waals surface area (Å²) < 4.78 is 10.7. The van der Waals surface area contributed by atoms with E-state index in [1.807, 2.05) is 18.2 Å². The van der Waals surface area contributed by atoms with Crippen molar-refractivity contribution in [3.8, 4) is 11.5 Å². The van der Waals surface area contributed by atoms with Crippen LogP contribution in [0.5, 0.6) is 11.5 Å². The van der Waals surface area contributed by atoms with Gasteiger partial charge in [-0.05, 0) is 43.2 Å². The van der Waals surface area contributed by atoms with Crippen LogP contribution in [0, 0.1) is 6.92 Å². The van der Waals surface area contributed by atoms with Crippen LogP contribution in [0.4, 0.5) is 0 Å². The molecule has 0 spiro atoms. The molecule has 0 bridgehead atoms. The van der Waals surface area contributed by atoms with Gasteiger partial charge in [-0.25, -0.2) is 0 Å². The van der Waals surface area contributed by atoms with Gasteiger partial charge in [-0.15, -0.1) is 12.4 Å². The second-order valence-corrected chi connectivity index (χ2v) is 5.14. The zero-order valence-electron chi connectivity index (χ0n) is 13.6. The van der Waals surface area contributed by atoms with Gasteiger partial charge in [0.1, 0.15) is 11.5 Å². The van der Waals surface area contributed by atoms with E-state index < -0.39 is 0 Å². The maximum atomic E-state index is 5.45. The van der Waals surface area contributed by atoms with Gasteiger partial charge in [0.15, 0.2) is 0 Å². The van der Waals surface area contributed by atoms with Crippen LogP contribution in [-0.4, -0.2) is 14.2 Å². The maximum Gasteiger partial charge on any atom is 0.123 e. The molecule has 0 aliphatic carbocycles. The van der Waals surface area contributed by atoms with Crippen LogP contribution in [0.3, 0.4) is 0 Å². The Bertz CT molecular complexity index is 601. The number of hydrogen-bond donors (Lipinski definition) is 1. The van der Waals surface area contributed by atoms with E-state index in [-0.39, 0.29) is 18.4 Å². The molecule has 0 aliphatic heterocycles. The van der Waals surface area contributed by atoms with Crippen LogP contribution in [0.25, 0.3) is 0 Å². The second-order valence-electron chi connectivity index (χ2n) is 5.14. The van der Waals surface area contributed by atoms with E-state index in [1.54, 1.807) is 14.2 Å². The third kappa shape index (κ3) is 4.39. The van der Waals surface area contributed by atoms with Crippen molar-refractivity contribution in [2.24, 2.45) is 0 Å². The molecule has 3 nitrogen and oxygen atoms in total. The minimum atomic E-state index is 0. The maximum absolute atomic E-state index is 5.45. The first-order valence-electron chi connectivity index (χ1n) is 7.15. The summed E-state index contributed by atoms with van der Waals surface area (Å²) in [6.45, 7) is 5.09. The summed E-state index contributed by atoms with van der Waals surface area (Å²) in [5.41, 5.74) is 3.71. The minimum Gasteiger partial charge on any atom is -0.497 e. The van der Waals surface area contributed by atoms with E-state index >= 15 is 0 Å². The van der Waals surface area contributed by atoms with Gasteiger partial charge in [0.2, 0.25) is 0 Å². The lowest BCUT2D eigenvalue weighted by atomic mass is 10.0. The van der Waals surface area contributed by atoms with Crippen molar-refractivity contribution in [2.45, 2.75) is 26.4 Å². The molecule has 4 heteroatoms. The number of hydrogen-bond acceptors (Lipinski definition) is 3. The molecular weight excluding hydrogens is 298 g/mol. The van der Waals surface area contributed by atoms with Crippen LogP contribution < -0.4 is 14.8 Å². The quantitative estimate of drug-likeness (QED) is 0.861. The van der Waals surface area contributed by atoms with Gasteiger partial charge in [0, 0.05) is 18.2 Å². The van der Waals surface area contributed by atoms with Crippen LogP contribution in [0.15, 0.2) is 42.5 Å². The fourth-order valence-corrected chi connectivity index (χ4v) is 2.36. The second kappa shape index (κ2) is 8.66. The molecule has 120 valence electrons. The van der Waals surface area contributed by atoms with Crippen molar-refractivity contribution >= 4 is 12.4 Å². The SMILES string of the molecule is COc1ccc(OC)c(C(C)NCc2ccccc2C)c1.Cl. The Morgan fingerprint density at radius 3 is 2.41 bits per heavy atom. The van der Waals surface area contributed by atoms with Crippen molar-refractivity contribution < 1.29 is 9.47 Å². The zero-order chi connectivity index (χ0) is 15.2. The molecule has 0 saturated carbocycles. The predicted molar refractivity (Wildman–Crippen MR) is 93.2 cm³/mol. The molecule has 0 aromatic heterocycles. The highest BCUT2D eigenvalue weighted by Crippen LogP contribution is 2.29. The lowest BCUT2D eigenvalue weighted by molar-refractivity contribution is 0.391. The third-order valence-electron chi connectivity index (χ3n) is 3.76. The number of methoxy groups -OCH3 is 2. The molecule has 0 radical (unpaired) electrons. The fraction of sp³-hybridized carbons (Fsp3) is 0.333. The number of nitrogens with one attached hydrogen (secondary N) is 1. The summed E-state index contributed by atoms with van der Waals surface area (Å²) in [6, 6.07) is 14.5. The molecule has 0 fully saturated rings. The lowest BCUT2D eigenvalue weighted by Crippen LogP contribution is -2.19. The van der Waals surface area contributed by atoms with Gasteiger partial charge in [-0.3, -0.25) is 0 Å². The zero-order valence-corrected chi connectivity index (χ0v) is 14.4. The normalized spacial score (nSPS) is 11.5. The lowest BCUT2D eigenvalue weighted by Gasteiger charge is -2.19. The molecule has 0 amide bonds. The monoisotopic (exact) mass is 321 g/mol. The van der Waals surface area contributed by atoms with E-state index in [2.05, 4.69) is 43.4 Å². The molecule has 1 unspecified atom stereocenters. The Morgan fingerprint density at radius 2 is 1.77 bits per heavy atom. The van der Waals surface area contributed by atoms with Crippen LogP contribution in [-0.2, 0) is 6.54 Å². The van der Waals surface area contributed by atoms with Gasteiger partial charge >= 0.3 is 0 Å². The van der Waals surface area contributed by atoms with Crippen molar-refractivity contribution in [3.63, 3.8) is 0 Å². The summed E-state index contributed by atoms with van der Waals surface area (Å²) >= 11 is 0. The molecule has 0 saturated heterocycles. The Balaban J connectivity index is 0.00000242. The van der Waals surface area contributed by atoms with Crippen molar-refractivity contribution in [1.29, 1.82) is 0 Å². The van der Waals surface area contributed by atoms with Crippen molar-refractivity contribution in [1.82, 2.24) is 5.32 Å². The Morgan fingerprint density at radius 1 is 1.05 bits per heavy atom. The van der Waals surface area contributed by atoms with Crippen LogP contribution in [0.1, 0.15) is 29.7 Å². The first kappa shape index (κ1) is 18.3. The average molecular weight is 322 g/mol. The van der Waals surface area contributed by atoms with E-state index in [9.17, 15) is 0 Å². The Hall–Kier alpha value is -1.71. The number of ether oxygens (including phenoxy) is 2. The fourth-order valence-electron chi connectivity index (χ4n) is 2.36. The summed E-state index contributed by atoms with van der Waals surface area (Å²) in [4.78, 5) is 0. The molecular formula is C18H24ClNO2. The minimum absolute atomic E-state index is 0. The molecule has 0 heterocycles. The topological polar surface area (TPSA) is 30.5 Å². The van der Waals surface area contributed by atoms with E-state index in [0.717, 1.165) is 23.6 Å². The summed E-state index contributed by atoms with van der Waals surface area (Å²) in [6.07, 6.45) is 0.